The van der Waals surface area contributed by atoms with Crippen LogP contribution in [0.3, 0.4) is 0 Å². The molecule has 1 heterocycles. The Morgan fingerprint density at radius 2 is 2.05 bits per heavy atom. The van der Waals surface area contributed by atoms with Gasteiger partial charge in [0.05, 0.1) is 0 Å². The first kappa shape index (κ1) is 16.0. The number of hydrogen-bond donors (Lipinski definition) is 1. The van der Waals surface area contributed by atoms with E-state index in [-0.39, 0.29) is 18.3 Å². The zero-order valence-electron chi connectivity index (χ0n) is 11.6. The van der Waals surface area contributed by atoms with E-state index in [1.54, 1.807) is 0 Å². The van der Waals surface area contributed by atoms with Crippen LogP contribution >= 0.6 is 12.4 Å². The average molecular weight is 283 g/mol. The predicted octanol–water partition coefficient (Wildman–Crippen LogP) is 2.42. The Hall–Kier alpha value is -1.06. The summed E-state index contributed by atoms with van der Waals surface area (Å²) < 4.78 is 0. The molecule has 0 saturated carbocycles. The van der Waals surface area contributed by atoms with Gasteiger partial charge in [0.15, 0.2) is 0 Å². The van der Waals surface area contributed by atoms with Crippen LogP contribution in [0.2, 0.25) is 0 Å². The van der Waals surface area contributed by atoms with Crippen molar-refractivity contribution < 1.29 is 4.79 Å². The van der Waals surface area contributed by atoms with Crippen molar-refractivity contribution >= 4 is 18.3 Å². The number of likely N-dealkylation sites (tertiary alicyclic amines) is 1. The summed E-state index contributed by atoms with van der Waals surface area (Å²) >= 11 is 0. The Balaban J connectivity index is 0.00000180. The summed E-state index contributed by atoms with van der Waals surface area (Å²) in [7, 11) is 1.88. The highest BCUT2D eigenvalue weighted by Gasteiger charge is 2.32. The van der Waals surface area contributed by atoms with Crippen molar-refractivity contribution in [3.63, 3.8) is 0 Å². The Labute approximate surface area is 121 Å². The summed E-state index contributed by atoms with van der Waals surface area (Å²) in [6.45, 7) is 3.78. The molecule has 1 N–H and O–H groups in total. The van der Waals surface area contributed by atoms with Crippen LogP contribution in [-0.4, -0.2) is 37.0 Å². The third-order valence-corrected chi connectivity index (χ3v) is 3.75. The number of carbonyl (C=O) groups is 1. The first-order chi connectivity index (χ1) is 8.72. The van der Waals surface area contributed by atoms with E-state index < -0.39 is 0 Å². The number of amides is 1. The SMILES string of the molecule is CNCCC(=O)N1CC(c2ccccc2)CC1C.Cl. The maximum Gasteiger partial charge on any atom is 0.224 e. The number of rotatable bonds is 4. The van der Waals surface area contributed by atoms with Crippen molar-refractivity contribution in [1.29, 1.82) is 0 Å². The van der Waals surface area contributed by atoms with Gasteiger partial charge in [0.2, 0.25) is 5.91 Å². The zero-order valence-corrected chi connectivity index (χ0v) is 12.5. The standard InChI is InChI=1S/C15H22N2O.ClH/c1-12-10-14(13-6-4-3-5-7-13)11-17(12)15(18)8-9-16-2;/h3-7,12,14,16H,8-11H2,1-2H3;1H. The minimum absolute atomic E-state index is 0. The molecule has 19 heavy (non-hydrogen) atoms. The summed E-state index contributed by atoms with van der Waals surface area (Å²) in [6.07, 6.45) is 1.68. The van der Waals surface area contributed by atoms with Crippen molar-refractivity contribution in [1.82, 2.24) is 10.2 Å². The molecular weight excluding hydrogens is 260 g/mol. The highest BCUT2D eigenvalue weighted by Crippen LogP contribution is 2.31. The monoisotopic (exact) mass is 282 g/mol. The van der Waals surface area contributed by atoms with Crippen molar-refractivity contribution in [3.8, 4) is 0 Å². The molecule has 0 radical (unpaired) electrons. The lowest BCUT2D eigenvalue weighted by Crippen LogP contribution is -2.35. The smallest absolute Gasteiger partial charge is 0.224 e. The molecule has 0 aromatic heterocycles. The molecule has 2 rings (SSSR count). The number of nitrogens with zero attached hydrogens (tertiary/aromatic N) is 1. The number of halogens is 1. The van der Waals surface area contributed by atoms with E-state index in [2.05, 4.69) is 36.5 Å². The van der Waals surface area contributed by atoms with Crippen LogP contribution < -0.4 is 5.32 Å². The molecule has 0 spiro atoms. The molecule has 0 bridgehead atoms. The Morgan fingerprint density at radius 3 is 2.68 bits per heavy atom. The molecule has 106 valence electrons. The molecule has 2 atom stereocenters. The van der Waals surface area contributed by atoms with Crippen LogP contribution in [0, 0.1) is 0 Å². The minimum Gasteiger partial charge on any atom is -0.339 e. The highest BCUT2D eigenvalue weighted by molar-refractivity contribution is 5.85. The molecule has 1 aliphatic rings. The number of benzene rings is 1. The van der Waals surface area contributed by atoms with Crippen LogP contribution in [0.4, 0.5) is 0 Å². The molecule has 1 fully saturated rings. The second-order valence-corrected chi connectivity index (χ2v) is 5.09. The van der Waals surface area contributed by atoms with Gasteiger partial charge in [-0.25, -0.2) is 0 Å². The number of nitrogens with one attached hydrogen (secondary N) is 1. The first-order valence-corrected chi connectivity index (χ1v) is 6.71. The topological polar surface area (TPSA) is 32.3 Å². The van der Waals surface area contributed by atoms with Gasteiger partial charge in [-0.3, -0.25) is 4.79 Å². The van der Waals surface area contributed by atoms with E-state index in [1.165, 1.54) is 5.56 Å². The lowest BCUT2D eigenvalue weighted by atomic mass is 9.97. The molecule has 0 aliphatic carbocycles. The quantitative estimate of drug-likeness (QED) is 0.920. The summed E-state index contributed by atoms with van der Waals surface area (Å²) in [5, 5.41) is 3.03. The fourth-order valence-electron chi connectivity index (χ4n) is 2.72. The van der Waals surface area contributed by atoms with E-state index >= 15 is 0 Å². The van der Waals surface area contributed by atoms with Gasteiger partial charge in [-0.1, -0.05) is 30.3 Å². The van der Waals surface area contributed by atoms with Crippen molar-refractivity contribution in [2.75, 3.05) is 20.1 Å². The van der Waals surface area contributed by atoms with E-state index in [1.807, 2.05) is 18.0 Å². The lowest BCUT2D eigenvalue weighted by Gasteiger charge is -2.21. The summed E-state index contributed by atoms with van der Waals surface area (Å²) in [4.78, 5) is 14.1. The second kappa shape index (κ2) is 7.51. The van der Waals surface area contributed by atoms with E-state index in [9.17, 15) is 4.79 Å². The number of hydrogen-bond acceptors (Lipinski definition) is 2. The van der Waals surface area contributed by atoms with E-state index in [0.29, 0.717) is 18.4 Å². The molecule has 4 heteroatoms. The average Bonchev–Trinajstić information content (AvgIpc) is 2.79. The third-order valence-electron chi connectivity index (χ3n) is 3.75. The molecule has 2 unspecified atom stereocenters. The normalized spacial score (nSPS) is 22.1. The molecule has 1 aromatic rings. The van der Waals surface area contributed by atoms with E-state index in [4.69, 9.17) is 0 Å². The van der Waals surface area contributed by atoms with Gasteiger partial charge in [0, 0.05) is 31.5 Å². The van der Waals surface area contributed by atoms with Gasteiger partial charge in [0.25, 0.3) is 0 Å². The molecular formula is C15H23ClN2O. The minimum atomic E-state index is 0. The van der Waals surface area contributed by atoms with Crippen LogP contribution in [0.1, 0.15) is 31.2 Å². The fraction of sp³-hybridized carbons (Fsp3) is 0.533. The lowest BCUT2D eigenvalue weighted by molar-refractivity contribution is -0.131. The highest BCUT2D eigenvalue weighted by atomic mass is 35.5. The number of carbonyl (C=O) groups excluding carboxylic acids is 1. The van der Waals surface area contributed by atoms with E-state index in [0.717, 1.165) is 19.5 Å². The molecule has 1 saturated heterocycles. The largest absolute Gasteiger partial charge is 0.339 e. The Bertz CT molecular complexity index is 396. The van der Waals surface area contributed by atoms with Gasteiger partial charge in [-0.2, -0.15) is 0 Å². The van der Waals surface area contributed by atoms with Crippen LogP contribution in [-0.2, 0) is 4.79 Å². The van der Waals surface area contributed by atoms with Gasteiger partial charge in [-0.05, 0) is 26.0 Å². The van der Waals surface area contributed by atoms with Crippen molar-refractivity contribution in [2.24, 2.45) is 0 Å². The summed E-state index contributed by atoms with van der Waals surface area (Å²) in [5.41, 5.74) is 1.35. The predicted molar refractivity (Wildman–Crippen MR) is 80.8 cm³/mol. The van der Waals surface area contributed by atoms with Gasteiger partial charge < -0.3 is 10.2 Å². The maximum atomic E-state index is 12.1. The maximum absolute atomic E-state index is 12.1. The molecule has 1 aliphatic heterocycles. The van der Waals surface area contributed by atoms with Gasteiger partial charge in [-0.15, -0.1) is 12.4 Å². The van der Waals surface area contributed by atoms with Crippen molar-refractivity contribution in [3.05, 3.63) is 35.9 Å². The third kappa shape index (κ3) is 3.95. The molecule has 3 nitrogen and oxygen atoms in total. The second-order valence-electron chi connectivity index (χ2n) is 5.09. The van der Waals surface area contributed by atoms with Crippen LogP contribution in [0.25, 0.3) is 0 Å². The Morgan fingerprint density at radius 1 is 1.37 bits per heavy atom. The summed E-state index contributed by atoms with van der Waals surface area (Å²) in [5.74, 6) is 0.773. The van der Waals surface area contributed by atoms with Crippen LogP contribution in [0.15, 0.2) is 30.3 Å². The molecule has 1 amide bonds. The van der Waals surface area contributed by atoms with Gasteiger partial charge >= 0.3 is 0 Å². The zero-order chi connectivity index (χ0) is 13.0. The summed E-state index contributed by atoms with van der Waals surface area (Å²) in [6, 6.07) is 10.9. The fourth-order valence-corrected chi connectivity index (χ4v) is 2.72. The molecule has 1 aromatic carbocycles. The van der Waals surface area contributed by atoms with Crippen LogP contribution in [0.5, 0.6) is 0 Å². The van der Waals surface area contributed by atoms with Crippen molar-refractivity contribution in [2.45, 2.75) is 31.7 Å². The Kier molecular flexibility index (Phi) is 6.32. The first-order valence-electron chi connectivity index (χ1n) is 6.71. The van der Waals surface area contributed by atoms with Gasteiger partial charge in [0.1, 0.15) is 0 Å².